The van der Waals surface area contributed by atoms with Crippen LogP contribution in [-0.2, 0) is 18.4 Å². The maximum atomic E-state index is 13.2. The maximum Gasteiger partial charge on any atom is 0.274 e. The van der Waals surface area contributed by atoms with Gasteiger partial charge in [-0.1, -0.05) is 78.9 Å². The largest absolute Gasteiger partial charge is 0.350 e. The zero-order chi connectivity index (χ0) is 20.2. The van der Waals surface area contributed by atoms with Crippen LogP contribution in [0, 0.1) is 0 Å². The van der Waals surface area contributed by atoms with Gasteiger partial charge in [0.1, 0.15) is 0 Å². The van der Waals surface area contributed by atoms with Crippen LogP contribution >= 0.6 is 0 Å². The third-order valence-electron chi connectivity index (χ3n) is 4.99. The predicted octanol–water partition coefficient (Wildman–Crippen LogP) is 3.38. The van der Waals surface area contributed by atoms with E-state index in [-0.39, 0.29) is 18.0 Å². The minimum absolute atomic E-state index is 0.109. The van der Waals surface area contributed by atoms with E-state index in [1.807, 2.05) is 78.9 Å². The van der Waals surface area contributed by atoms with E-state index >= 15 is 0 Å². The van der Waals surface area contributed by atoms with Crippen LogP contribution in [0.3, 0.4) is 0 Å². The van der Waals surface area contributed by atoms with E-state index in [4.69, 9.17) is 0 Å². The smallest absolute Gasteiger partial charge is 0.274 e. The second-order valence-corrected chi connectivity index (χ2v) is 6.89. The molecule has 5 heteroatoms. The van der Waals surface area contributed by atoms with Gasteiger partial charge in [0, 0.05) is 12.4 Å². The summed E-state index contributed by atoms with van der Waals surface area (Å²) in [6.45, 7) is 0.240. The average Bonchev–Trinajstić information content (AvgIpc) is 2.77. The fourth-order valence-electron chi connectivity index (χ4n) is 3.57. The van der Waals surface area contributed by atoms with Gasteiger partial charge in [-0.05, 0) is 17.2 Å². The van der Waals surface area contributed by atoms with Crippen LogP contribution in [-0.4, -0.2) is 15.7 Å². The molecule has 0 aliphatic carbocycles. The van der Waals surface area contributed by atoms with Crippen molar-refractivity contribution < 1.29 is 4.79 Å². The second kappa shape index (κ2) is 8.10. The molecule has 5 nitrogen and oxygen atoms in total. The Labute approximate surface area is 168 Å². The zero-order valence-corrected chi connectivity index (χ0v) is 16.1. The summed E-state index contributed by atoms with van der Waals surface area (Å²) in [6, 6.07) is 26.7. The Kier molecular flexibility index (Phi) is 5.20. The number of nitrogens with one attached hydrogen (secondary N) is 1. The summed E-state index contributed by atoms with van der Waals surface area (Å²) in [5.41, 5.74) is 2.36. The molecule has 0 spiro atoms. The third-order valence-corrected chi connectivity index (χ3v) is 4.99. The molecule has 0 saturated heterocycles. The minimum atomic E-state index is -0.420. The summed E-state index contributed by atoms with van der Waals surface area (Å²) >= 11 is 0. The van der Waals surface area contributed by atoms with Crippen molar-refractivity contribution in [3.8, 4) is 0 Å². The van der Waals surface area contributed by atoms with Gasteiger partial charge in [-0.2, -0.15) is 5.10 Å². The first kappa shape index (κ1) is 18.6. The molecule has 0 saturated carbocycles. The summed E-state index contributed by atoms with van der Waals surface area (Å²) in [4.78, 5) is 25.5. The Morgan fingerprint density at radius 3 is 1.97 bits per heavy atom. The molecule has 0 fully saturated rings. The molecule has 29 heavy (non-hydrogen) atoms. The molecule has 4 aromatic rings. The van der Waals surface area contributed by atoms with Crippen molar-refractivity contribution in [1.29, 1.82) is 0 Å². The maximum absolute atomic E-state index is 13.2. The molecule has 0 bridgehead atoms. The van der Waals surface area contributed by atoms with Crippen LogP contribution in [0.5, 0.6) is 0 Å². The first-order valence-electron chi connectivity index (χ1n) is 9.47. The topological polar surface area (TPSA) is 64.0 Å². The predicted molar refractivity (Wildman–Crippen MR) is 114 cm³/mol. The number of aryl methyl sites for hydroxylation is 1. The molecule has 0 unspecified atom stereocenters. The van der Waals surface area contributed by atoms with Crippen molar-refractivity contribution in [2.75, 3.05) is 0 Å². The first-order valence-corrected chi connectivity index (χ1v) is 9.47. The number of amides is 1. The van der Waals surface area contributed by atoms with E-state index in [0.717, 1.165) is 16.5 Å². The molecule has 144 valence electrons. The molecule has 1 N–H and O–H groups in total. The molecule has 0 aliphatic rings. The molecule has 1 aromatic heterocycles. The number of hydrogen-bond donors (Lipinski definition) is 1. The van der Waals surface area contributed by atoms with Crippen LogP contribution in [0.4, 0.5) is 0 Å². The van der Waals surface area contributed by atoms with Crippen LogP contribution in [0.1, 0.15) is 22.7 Å². The number of carbonyl (C=O) groups is 1. The highest BCUT2D eigenvalue weighted by molar-refractivity contribution is 5.88. The normalized spacial score (nSPS) is 11.0. The van der Waals surface area contributed by atoms with Crippen molar-refractivity contribution in [3.63, 3.8) is 0 Å². The summed E-state index contributed by atoms with van der Waals surface area (Å²) in [7, 11) is 1.62. The molecule has 0 radical (unpaired) electrons. The SMILES string of the molecule is Cn1nc(CNC(=O)C(c2ccccc2)c2ccccc2)c2ccccc2c1=O. The van der Waals surface area contributed by atoms with Crippen LogP contribution in [0.15, 0.2) is 89.7 Å². The second-order valence-electron chi connectivity index (χ2n) is 6.89. The van der Waals surface area contributed by atoms with Crippen LogP contribution < -0.4 is 10.9 Å². The quantitative estimate of drug-likeness (QED) is 0.575. The Bertz CT molecular complexity index is 1160. The van der Waals surface area contributed by atoms with Gasteiger partial charge < -0.3 is 5.32 Å². The van der Waals surface area contributed by atoms with Gasteiger partial charge >= 0.3 is 0 Å². The number of benzene rings is 3. The Morgan fingerprint density at radius 1 is 0.862 bits per heavy atom. The van der Waals surface area contributed by atoms with Gasteiger partial charge in [0.05, 0.1) is 23.5 Å². The van der Waals surface area contributed by atoms with E-state index in [0.29, 0.717) is 11.1 Å². The van der Waals surface area contributed by atoms with Gasteiger partial charge in [0.15, 0.2) is 0 Å². The highest BCUT2D eigenvalue weighted by Gasteiger charge is 2.22. The lowest BCUT2D eigenvalue weighted by Gasteiger charge is -2.18. The minimum Gasteiger partial charge on any atom is -0.350 e. The molecule has 0 atom stereocenters. The first-order chi connectivity index (χ1) is 14.1. The van der Waals surface area contributed by atoms with Crippen LogP contribution in [0.25, 0.3) is 10.8 Å². The monoisotopic (exact) mass is 383 g/mol. The van der Waals surface area contributed by atoms with Crippen molar-refractivity contribution in [3.05, 3.63) is 112 Å². The number of rotatable bonds is 5. The van der Waals surface area contributed by atoms with Gasteiger partial charge in [-0.15, -0.1) is 0 Å². The van der Waals surface area contributed by atoms with Gasteiger partial charge in [-0.3, -0.25) is 9.59 Å². The summed E-state index contributed by atoms with van der Waals surface area (Å²) in [5.74, 6) is -0.529. The number of hydrogen-bond acceptors (Lipinski definition) is 3. The van der Waals surface area contributed by atoms with Gasteiger partial charge in [0.25, 0.3) is 5.56 Å². The number of nitrogens with zero attached hydrogens (tertiary/aromatic N) is 2. The van der Waals surface area contributed by atoms with Crippen molar-refractivity contribution in [1.82, 2.24) is 15.1 Å². The van der Waals surface area contributed by atoms with Crippen LogP contribution in [0.2, 0.25) is 0 Å². The summed E-state index contributed by atoms with van der Waals surface area (Å²) < 4.78 is 1.32. The van der Waals surface area contributed by atoms with Crippen molar-refractivity contribution >= 4 is 16.7 Å². The fourth-order valence-corrected chi connectivity index (χ4v) is 3.57. The summed E-state index contributed by atoms with van der Waals surface area (Å²) in [6.07, 6.45) is 0. The number of fused-ring (bicyclic) bond motifs is 1. The lowest BCUT2D eigenvalue weighted by Crippen LogP contribution is -2.31. The van der Waals surface area contributed by atoms with E-state index in [1.165, 1.54) is 4.68 Å². The van der Waals surface area contributed by atoms with Crippen molar-refractivity contribution in [2.45, 2.75) is 12.5 Å². The van der Waals surface area contributed by atoms with Gasteiger partial charge in [0.2, 0.25) is 5.91 Å². The molecule has 0 aliphatic heterocycles. The number of carbonyl (C=O) groups excluding carboxylic acids is 1. The molecular formula is C24H21N3O2. The Morgan fingerprint density at radius 2 is 1.38 bits per heavy atom. The van der Waals surface area contributed by atoms with E-state index in [1.54, 1.807) is 13.1 Å². The van der Waals surface area contributed by atoms with E-state index in [2.05, 4.69) is 10.4 Å². The zero-order valence-electron chi connectivity index (χ0n) is 16.1. The number of aromatic nitrogens is 2. The Balaban J connectivity index is 1.65. The lowest BCUT2D eigenvalue weighted by atomic mass is 9.90. The molecule has 4 rings (SSSR count). The standard InChI is InChI=1S/C24H21N3O2/c1-27-24(29)20-15-9-8-14-19(20)21(26-27)16-25-23(28)22(17-10-4-2-5-11-17)18-12-6-3-7-13-18/h2-15,22H,16H2,1H3,(H,25,28). The molecular weight excluding hydrogens is 362 g/mol. The van der Waals surface area contributed by atoms with Crippen molar-refractivity contribution in [2.24, 2.45) is 7.05 Å². The fraction of sp³-hybridized carbons (Fsp3) is 0.125. The molecule has 1 heterocycles. The average molecular weight is 383 g/mol. The van der Waals surface area contributed by atoms with Gasteiger partial charge in [-0.25, -0.2) is 4.68 Å². The van der Waals surface area contributed by atoms with E-state index < -0.39 is 5.92 Å². The lowest BCUT2D eigenvalue weighted by molar-refractivity contribution is -0.121. The third kappa shape index (κ3) is 3.80. The summed E-state index contributed by atoms with van der Waals surface area (Å²) in [5, 5.41) is 8.74. The molecule has 1 amide bonds. The highest BCUT2D eigenvalue weighted by atomic mass is 16.2. The highest BCUT2D eigenvalue weighted by Crippen LogP contribution is 2.25. The van der Waals surface area contributed by atoms with E-state index in [9.17, 15) is 9.59 Å². The molecule has 3 aromatic carbocycles. The Hall–Kier alpha value is -3.73.